The van der Waals surface area contributed by atoms with Crippen molar-refractivity contribution in [3.05, 3.63) is 34.9 Å². The molecule has 6 nitrogen and oxygen atoms in total. The molecular formula is C15H21N5OS. The predicted octanol–water partition coefficient (Wildman–Crippen LogP) is 1.70. The van der Waals surface area contributed by atoms with Gasteiger partial charge in [0.15, 0.2) is 0 Å². The van der Waals surface area contributed by atoms with Gasteiger partial charge in [-0.15, -0.1) is 0 Å². The molecule has 1 saturated heterocycles. The number of imidazole rings is 1. The van der Waals surface area contributed by atoms with Crippen LogP contribution in [0.2, 0.25) is 0 Å². The van der Waals surface area contributed by atoms with Crippen LogP contribution in [0.15, 0.2) is 17.8 Å². The van der Waals surface area contributed by atoms with E-state index in [0.717, 1.165) is 36.7 Å². The second kappa shape index (κ2) is 6.18. The topological polar surface area (TPSA) is 54.3 Å². The highest BCUT2D eigenvalue weighted by Gasteiger charge is 2.32. The lowest BCUT2D eigenvalue weighted by atomic mass is 10.1. The third kappa shape index (κ3) is 2.66. The van der Waals surface area contributed by atoms with Gasteiger partial charge in [0.1, 0.15) is 5.82 Å². The summed E-state index contributed by atoms with van der Waals surface area (Å²) in [5.74, 6) is 1.10. The predicted molar refractivity (Wildman–Crippen MR) is 86.0 cm³/mol. The van der Waals surface area contributed by atoms with Gasteiger partial charge in [0.05, 0.1) is 17.3 Å². The van der Waals surface area contributed by atoms with Crippen molar-refractivity contribution in [3.8, 4) is 0 Å². The molecule has 3 rings (SSSR count). The number of nitrogens with zero attached hydrogens (tertiary/aromatic N) is 5. The molecule has 0 radical (unpaired) electrons. The molecule has 0 unspecified atom stereocenters. The van der Waals surface area contributed by atoms with Crippen molar-refractivity contribution in [1.29, 1.82) is 0 Å². The van der Waals surface area contributed by atoms with Gasteiger partial charge in [0.2, 0.25) is 0 Å². The number of carbonyl (C=O) groups is 1. The first-order valence-electron chi connectivity index (χ1n) is 7.53. The second-order valence-corrected chi connectivity index (χ2v) is 6.23. The molecule has 0 N–H and O–H groups in total. The molecule has 1 fully saturated rings. The quantitative estimate of drug-likeness (QED) is 0.864. The molecule has 118 valence electrons. The maximum absolute atomic E-state index is 12.7. The van der Waals surface area contributed by atoms with Gasteiger partial charge in [-0.1, -0.05) is 6.92 Å². The van der Waals surface area contributed by atoms with Crippen LogP contribution in [0.4, 0.5) is 0 Å². The number of aryl methyl sites for hydroxylation is 2. The van der Waals surface area contributed by atoms with Crippen LogP contribution in [-0.2, 0) is 7.05 Å². The van der Waals surface area contributed by atoms with Crippen LogP contribution in [-0.4, -0.2) is 55.8 Å². The SMILES string of the molecule is CCN1CCN(C(=O)c2csnc2C)C[C@@H]1c1nccn1C. The van der Waals surface area contributed by atoms with E-state index >= 15 is 0 Å². The Balaban J connectivity index is 1.83. The largest absolute Gasteiger partial charge is 0.337 e. The molecule has 0 saturated carbocycles. The van der Waals surface area contributed by atoms with Gasteiger partial charge in [0, 0.05) is 44.5 Å². The van der Waals surface area contributed by atoms with Crippen LogP contribution in [0.25, 0.3) is 0 Å². The number of hydrogen-bond donors (Lipinski definition) is 0. The first-order chi connectivity index (χ1) is 10.6. The summed E-state index contributed by atoms with van der Waals surface area (Å²) in [7, 11) is 2.00. The third-order valence-corrected chi connectivity index (χ3v) is 5.04. The number of likely N-dealkylation sites (N-methyl/N-ethyl adjacent to an activating group) is 1. The van der Waals surface area contributed by atoms with E-state index in [-0.39, 0.29) is 11.9 Å². The summed E-state index contributed by atoms with van der Waals surface area (Å²) < 4.78 is 6.25. The van der Waals surface area contributed by atoms with Crippen molar-refractivity contribution in [2.24, 2.45) is 7.05 Å². The zero-order valence-electron chi connectivity index (χ0n) is 13.2. The maximum atomic E-state index is 12.7. The van der Waals surface area contributed by atoms with E-state index in [9.17, 15) is 4.79 Å². The van der Waals surface area contributed by atoms with E-state index in [1.165, 1.54) is 11.5 Å². The molecule has 3 heterocycles. The Kier molecular flexibility index (Phi) is 4.26. The van der Waals surface area contributed by atoms with Crippen molar-refractivity contribution >= 4 is 17.4 Å². The molecule has 1 atom stereocenters. The number of carbonyl (C=O) groups excluding carboxylic acids is 1. The van der Waals surface area contributed by atoms with Gasteiger partial charge >= 0.3 is 0 Å². The molecule has 7 heteroatoms. The van der Waals surface area contributed by atoms with Crippen molar-refractivity contribution in [2.45, 2.75) is 19.9 Å². The molecule has 2 aromatic heterocycles. The van der Waals surface area contributed by atoms with Crippen molar-refractivity contribution in [3.63, 3.8) is 0 Å². The maximum Gasteiger partial charge on any atom is 0.256 e. The smallest absolute Gasteiger partial charge is 0.256 e. The van der Waals surface area contributed by atoms with Crippen LogP contribution in [0.3, 0.4) is 0 Å². The minimum absolute atomic E-state index is 0.0845. The molecule has 1 aliphatic heterocycles. The van der Waals surface area contributed by atoms with E-state index in [1.807, 2.05) is 41.2 Å². The Morgan fingerprint density at radius 1 is 1.45 bits per heavy atom. The van der Waals surface area contributed by atoms with Crippen LogP contribution < -0.4 is 0 Å². The molecule has 0 spiro atoms. The summed E-state index contributed by atoms with van der Waals surface area (Å²) >= 11 is 1.34. The van der Waals surface area contributed by atoms with Gasteiger partial charge in [0.25, 0.3) is 5.91 Å². The summed E-state index contributed by atoms with van der Waals surface area (Å²) in [6.45, 7) is 7.30. The van der Waals surface area contributed by atoms with Crippen LogP contribution in [0, 0.1) is 6.92 Å². The minimum atomic E-state index is 0.0845. The Morgan fingerprint density at radius 2 is 2.27 bits per heavy atom. The average Bonchev–Trinajstić information content (AvgIpc) is 3.14. The summed E-state index contributed by atoms with van der Waals surface area (Å²) in [5, 5.41) is 1.85. The van der Waals surface area contributed by atoms with E-state index in [1.54, 1.807) is 0 Å². The number of hydrogen-bond acceptors (Lipinski definition) is 5. The average molecular weight is 319 g/mol. The zero-order valence-corrected chi connectivity index (χ0v) is 14.0. The Hall–Kier alpha value is -1.73. The highest BCUT2D eigenvalue weighted by atomic mass is 32.1. The Morgan fingerprint density at radius 3 is 2.86 bits per heavy atom. The van der Waals surface area contributed by atoms with Crippen LogP contribution in [0.5, 0.6) is 0 Å². The van der Waals surface area contributed by atoms with E-state index < -0.39 is 0 Å². The first kappa shape index (κ1) is 15.2. The zero-order chi connectivity index (χ0) is 15.7. The van der Waals surface area contributed by atoms with Gasteiger partial charge < -0.3 is 9.47 Å². The molecule has 2 aromatic rings. The molecule has 1 aliphatic rings. The summed E-state index contributed by atoms with van der Waals surface area (Å²) in [5.41, 5.74) is 1.55. The van der Waals surface area contributed by atoms with E-state index in [2.05, 4.69) is 21.2 Å². The van der Waals surface area contributed by atoms with E-state index in [0.29, 0.717) is 6.54 Å². The monoisotopic (exact) mass is 319 g/mol. The minimum Gasteiger partial charge on any atom is -0.337 e. The normalized spacial score (nSPS) is 19.6. The first-order valence-corrected chi connectivity index (χ1v) is 8.37. The van der Waals surface area contributed by atoms with Crippen molar-refractivity contribution < 1.29 is 4.79 Å². The summed E-state index contributed by atoms with van der Waals surface area (Å²) in [4.78, 5) is 21.5. The lowest BCUT2D eigenvalue weighted by Gasteiger charge is -2.40. The fourth-order valence-corrected chi connectivity index (χ4v) is 3.68. The number of piperazine rings is 1. The van der Waals surface area contributed by atoms with Crippen LogP contribution in [0.1, 0.15) is 34.8 Å². The molecule has 0 aromatic carbocycles. The standard InChI is InChI=1S/C15H21N5OS/c1-4-19-7-8-20(15(21)12-10-22-17-11(12)2)9-13(19)14-16-5-6-18(14)3/h5-6,10,13H,4,7-9H2,1-3H3/t13-/m1/s1. The van der Waals surface area contributed by atoms with Gasteiger partial charge in [-0.3, -0.25) is 9.69 Å². The summed E-state index contributed by atoms with van der Waals surface area (Å²) in [6.07, 6.45) is 3.77. The lowest BCUT2D eigenvalue weighted by molar-refractivity contribution is 0.0472. The van der Waals surface area contributed by atoms with Gasteiger partial charge in [-0.2, -0.15) is 4.37 Å². The Bertz CT molecular complexity index is 664. The molecule has 0 bridgehead atoms. The third-order valence-electron chi connectivity index (χ3n) is 4.32. The highest BCUT2D eigenvalue weighted by molar-refractivity contribution is 7.03. The van der Waals surface area contributed by atoms with Crippen molar-refractivity contribution in [2.75, 3.05) is 26.2 Å². The van der Waals surface area contributed by atoms with Crippen LogP contribution >= 0.6 is 11.5 Å². The van der Waals surface area contributed by atoms with Gasteiger partial charge in [-0.05, 0) is 25.0 Å². The highest BCUT2D eigenvalue weighted by Crippen LogP contribution is 2.25. The molecular weight excluding hydrogens is 298 g/mol. The molecule has 0 aliphatic carbocycles. The number of amides is 1. The Labute approximate surface area is 134 Å². The summed E-state index contributed by atoms with van der Waals surface area (Å²) in [6, 6.07) is 0.148. The van der Waals surface area contributed by atoms with Gasteiger partial charge in [-0.25, -0.2) is 4.98 Å². The number of aromatic nitrogens is 3. The fourth-order valence-electron chi connectivity index (χ4n) is 2.99. The number of rotatable bonds is 3. The lowest BCUT2D eigenvalue weighted by Crippen LogP contribution is -2.51. The molecule has 1 amide bonds. The van der Waals surface area contributed by atoms with Crippen molar-refractivity contribution in [1.82, 2.24) is 23.7 Å². The van der Waals surface area contributed by atoms with E-state index in [4.69, 9.17) is 0 Å². The molecule has 22 heavy (non-hydrogen) atoms. The fraction of sp³-hybridized carbons (Fsp3) is 0.533. The second-order valence-electron chi connectivity index (χ2n) is 5.61.